The van der Waals surface area contributed by atoms with Gasteiger partial charge in [0.25, 0.3) is 0 Å². The Balaban J connectivity index is 2.09. The highest BCUT2D eigenvalue weighted by molar-refractivity contribution is 9.15. The third-order valence-electron chi connectivity index (χ3n) is 3.88. The molecule has 0 bridgehead atoms. The molecule has 0 unspecified atom stereocenters. The highest BCUT2D eigenvalue weighted by Gasteiger charge is 2.36. The summed E-state index contributed by atoms with van der Waals surface area (Å²) < 4.78 is 16.1. The van der Waals surface area contributed by atoms with E-state index in [2.05, 4.69) is 15.9 Å². The van der Waals surface area contributed by atoms with Gasteiger partial charge in [-0.1, -0.05) is 0 Å². The third-order valence-corrected chi connectivity index (χ3v) is 4.66. The first-order valence-electron chi connectivity index (χ1n) is 7.62. The van der Waals surface area contributed by atoms with Crippen LogP contribution in [0.4, 0.5) is 0 Å². The van der Waals surface area contributed by atoms with Crippen LogP contribution in [0.1, 0.15) is 39.0 Å². The number of allylic oxidation sites excluding steroid dienone is 1. The topological polar surface area (TPSA) is 82.8 Å². The summed E-state index contributed by atoms with van der Waals surface area (Å²) in [7, 11) is 7.09. The number of rotatable bonds is 5. The van der Waals surface area contributed by atoms with Gasteiger partial charge in [-0.05, 0) is 46.5 Å². The molecule has 0 fully saturated rings. The fourth-order valence-corrected chi connectivity index (χ4v) is 3.08. The minimum Gasteiger partial charge on any atom is -0.493 e. The summed E-state index contributed by atoms with van der Waals surface area (Å²) >= 11 is 3.13. The second-order valence-corrected chi connectivity index (χ2v) is 6.16. The van der Waals surface area contributed by atoms with Gasteiger partial charge in [-0.3, -0.25) is 14.4 Å². The van der Waals surface area contributed by atoms with Gasteiger partial charge in [-0.15, -0.1) is 0 Å². The zero-order valence-corrected chi connectivity index (χ0v) is 15.5. The van der Waals surface area contributed by atoms with Gasteiger partial charge < -0.3 is 13.9 Å². The Labute approximate surface area is 158 Å². The molecule has 0 N–H and O–H groups in total. The molecule has 0 atom stereocenters. The van der Waals surface area contributed by atoms with Crippen molar-refractivity contribution in [3.63, 3.8) is 0 Å². The van der Waals surface area contributed by atoms with Gasteiger partial charge in [0.1, 0.15) is 14.1 Å². The number of benzene rings is 1. The normalized spacial score (nSPS) is 13.7. The van der Waals surface area contributed by atoms with E-state index in [1.807, 2.05) is 0 Å². The predicted molar refractivity (Wildman–Crippen MR) is 97.2 cm³/mol. The fourth-order valence-electron chi connectivity index (χ4n) is 2.61. The number of carbonyl (C=O) groups is 3. The fraction of sp³-hybridized carbons (Fsp3) is 0.167. The average molecular weight is 415 g/mol. The number of ether oxygens (including phenoxy) is 2. The highest BCUT2D eigenvalue weighted by atomic mass is 79.9. The first kappa shape index (κ1) is 18.2. The maximum absolute atomic E-state index is 12.9. The number of Topliss-reactive ketones (excluding diaryl/α,β-unsaturated/α-hetero) is 2. The van der Waals surface area contributed by atoms with Gasteiger partial charge in [0, 0.05) is 5.56 Å². The largest absolute Gasteiger partial charge is 0.493 e. The Hall–Kier alpha value is -2.61. The lowest BCUT2D eigenvalue weighted by Gasteiger charge is -2.13. The number of halogens is 1. The first-order chi connectivity index (χ1) is 12.4. The van der Waals surface area contributed by atoms with Crippen LogP contribution in [0, 0.1) is 0 Å². The maximum atomic E-state index is 12.9. The molecule has 1 aromatic heterocycles. The van der Waals surface area contributed by atoms with Crippen LogP contribution in [0.15, 0.2) is 34.4 Å². The van der Waals surface area contributed by atoms with Crippen molar-refractivity contribution in [1.82, 2.24) is 0 Å². The standard InChI is InChI=1S/C18H12BBrO6/c1-3-25-11-6-8(4-5-10(11)24-2)15(21)9-7-26-18-12(9)16(22)17(23)13(19)14(18)20/h4-7H,3H2,1-2H3. The monoisotopic (exact) mass is 414 g/mol. The van der Waals surface area contributed by atoms with Gasteiger partial charge in [0.15, 0.2) is 23.0 Å². The van der Waals surface area contributed by atoms with E-state index in [0.29, 0.717) is 18.1 Å². The molecule has 0 aliphatic heterocycles. The number of furan rings is 1. The van der Waals surface area contributed by atoms with Crippen LogP contribution in [0.2, 0.25) is 0 Å². The molecule has 26 heavy (non-hydrogen) atoms. The summed E-state index contributed by atoms with van der Waals surface area (Å²) in [6, 6.07) is 4.64. The van der Waals surface area contributed by atoms with E-state index in [1.54, 1.807) is 13.0 Å². The van der Waals surface area contributed by atoms with Gasteiger partial charge in [-0.25, -0.2) is 0 Å². The molecule has 1 heterocycles. The Bertz CT molecular complexity index is 972. The molecule has 0 spiro atoms. The molecule has 8 heteroatoms. The van der Waals surface area contributed by atoms with Crippen LogP contribution in [0.25, 0.3) is 4.48 Å². The maximum Gasteiger partial charge on any atom is 0.236 e. The van der Waals surface area contributed by atoms with Gasteiger partial charge in [0.05, 0.1) is 29.3 Å². The summed E-state index contributed by atoms with van der Waals surface area (Å²) in [4.78, 5) is 37.2. The zero-order chi connectivity index (χ0) is 19.0. The van der Waals surface area contributed by atoms with Crippen molar-refractivity contribution in [3.05, 3.63) is 52.4 Å². The number of ketones is 3. The molecule has 0 saturated carbocycles. The van der Waals surface area contributed by atoms with Crippen molar-refractivity contribution in [2.75, 3.05) is 13.7 Å². The molecule has 0 amide bonds. The summed E-state index contributed by atoms with van der Waals surface area (Å²) in [6.07, 6.45) is 1.14. The number of fused-ring (bicyclic) bond motifs is 1. The molecule has 1 aromatic carbocycles. The molecular weight excluding hydrogens is 403 g/mol. The Morgan fingerprint density at radius 3 is 2.62 bits per heavy atom. The van der Waals surface area contributed by atoms with Crippen molar-refractivity contribution >= 4 is 45.6 Å². The summed E-state index contributed by atoms with van der Waals surface area (Å²) in [5.41, 5.74) is -0.110. The molecule has 1 aliphatic carbocycles. The van der Waals surface area contributed by atoms with E-state index in [9.17, 15) is 14.4 Å². The molecule has 130 valence electrons. The van der Waals surface area contributed by atoms with Crippen LogP contribution in [0.5, 0.6) is 11.5 Å². The molecule has 1 aliphatic rings. The third kappa shape index (κ3) is 2.80. The van der Waals surface area contributed by atoms with Crippen molar-refractivity contribution in [2.24, 2.45) is 0 Å². The molecular formula is C18H12BBrO6. The van der Waals surface area contributed by atoms with Gasteiger partial charge in [0.2, 0.25) is 11.6 Å². The molecule has 6 nitrogen and oxygen atoms in total. The van der Waals surface area contributed by atoms with Crippen molar-refractivity contribution in [2.45, 2.75) is 6.92 Å². The lowest BCUT2D eigenvalue weighted by atomic mass is 9.81. The molecule has 2 radical (unpaired) electrons. The summed E-state index contributed by atoms with van der Waals surface area (Å²) in [5.74, 6) is -1.32. The van der Waals surface area contributed by atoms with E-state index >= 15 is 0 Å². The lowest BCUT2D eigenvalue weighted by molar-refractivity contribution is -0.111. The van der Waals surface area contributed by atoms with Gasteiger partial charge in [-0.2, -0.15) is 0 Å². The summed E-state index contributed by atoms with van der Waals surface area (Å²) in [5, 5.41) is 0. The van der Waals surface area contributed by atoms with E-state index in [1.165, 1.54) is 19.2 Å². The molecule has 3 rings (SSSR count). The van der Waals surface area contributed by atoms with Crippen molar-refractivity contribution in [3.8, 4) is 11.5 Å². The summed E-state index contributed by atoms with van der Waals surface area (Å²) in [6.45, 7) is 2.19. The second kappa shape index (κ2) is 6.95. The Morgan fingerprint density at radius 1 is 1.23 bits per heavy atom. The number of carbonyl (C=O) groups excluding carboxylic acids is 3. The molecule has 2 aromatic rings. The number of hydrogen-bond donors (Lipinski definition) is 0. The minimum absolute atomic E-state index is 0.0181. The second-order valence-electron chi connectivity index (χ2n) is 5.37. The van der Waals surface area contributed by atoms with Crippen LogP contribution in [-0.4, -0.2) is 38.9 Å². The van der Waals surface area contributed by atoms with Crippen molar-refractivity contribution in [1.29, 1.82) is 0 Å². The minimum atomic E-state index is -0.885. The SMILES string of the molecule is [B]C1=C(Br)c2occ(C(=O)c3ccc(OC)c(OCC)c3)c2C(=O)C1=O. The Kier molecular flexibility index (Phi) is 4.87. The van der Waals surface area contributed by atoms with Crippen LogP contribution >= 0.6 is 15.9 Å². The lowest BCUT2D eigenvalue weighted by Crippen LogP contribution is -2.24. The van der Waals surface area contributed by atoms with Crippen LogP contribution in [0.3, 0.4) is 0 Å². The van der Waals surface area contributed by atoms with E-state index in [-0.39, 0.29) is 32.4 Å². The van der Waals surface area contributed by atoms with Crippen LogP contribution in [-0.2, 0) is 4.79 Å². The highest BCUT2D eigenvalue weighted by Crippen LogP contribution is 2.37. The predicted octanol–water partition coefficient (Wildman–Crippen LogP) is 2.92. The van der Waals surface area contributed by atoms with Crippen molar-refractivity contribution < 1.29 is 28.3 Å². The quantitative estimate of drug-likeness (QED) is 0.425. The first-order valence-corrected chi connectivity index (χ1v) is 8.41. The Morgan fingerprint density at radius 2 is 1.96 bits per heavy atom. The zero-order valence-electron chi connectivity index (χ0n) is 13.9. The number of hydrogen-bond acceptors (Lipinski definition) is 6. The average Bonchev–Trinajstić information content (AvgIpc) is 3.09. The smallest absolute Gasteiger partial charge is 0.236 e. The van der Waals surface area contributed by atoms with E-state index in [4.69, 9.17) is 21.7 Å². The van der Waals surface area contributed by atoms with E-state index < -0.39 is 17.3 Å². The van der Waals surface area contributed by atoms with Gasteiger partial charge >= 0.3 is 0 Å². The number of methoxy groups -OCH3 is 1. The molecule has 0 saturated heterocycles. The van der Waals surface area contributed by atoms with Crippen LogP contribution < -0.4 is 9.47 Å². The van der Waals surface area contributed by atoms with E-state index in [0.717, 1.165) is 6.26 Å².